The third-order valence-corrected chi connectivity index (χ3v) is 2.19. The zero-order chi connectivity index (χ0) is 7.07. The Labute approximate surface area is 55.4 Å². The van der Waals surface area contributed by atoms with E-state index in [1.165, 1.54) is 0 Å². The van der Waals surface area contributed by atoms with Gasteiger partial charge in [0.2, 0.25) is 0 Å². The van der Waals surface area contributed by atoms with Gasteiger partial charge in [-0.05, 0) is 25.3 Å². The topological polar surface area (TPSA) is 46.2 Å². The summed E-state index contributed by atoms with van der Waals surface area (Å²) in [6.07, 6.45) is 1.70. The Kier molecular flexibility index (Phi) is 1.37. The van der Waals surface area contributed by atoms with Crippen molar-refractivity contribution >= 4 is 0 Å². The van der Waals surface area contributed by atoms with E-state index in [0.717, 1.165) is 18.4 Å². The van der Waals surface area contributed by atoms with Crippen molar-refractivity contribution < 1.29 is 5.11 Å². The minimum Gasteiger partial charge on any atom is -0.384 e. The molecule has 0 aromatic heterocycles. The molecule has 0 bridgehead atoms. The molecule has 0 heterocycles. The third-order valence-electron chi connectivity index (χ3n) is 2.19. The SMILES string of the molecule is C=C(C)C1(O)CCC1N. The first kappa shape index (κ1) is 6.78. The molecule has 2 nitrogen and oxygen atoms in total. The Balaban J connectivity index is 2.64. The van der Waals surface area contributed by atoms with Crippen molar-refractivity contribution in [3.63, 3.8) is 0 Å². The summed E-state index contributed by atoms with van der Waals surface area (Å²) < 4.78 is 0. The second kappa shape index (κ2) is 1.82. The van der Waals surface area contributed by atoms with Crippen LogP contribution in [0.4, 0.5) is 0 Å². The zero-order valence-corrected chi connectivity index (χ0v) is 5.72. The molecule has 0 aromatic rings. The highest BCUT2D eigenvalue weighted by molar-refractivity contribution is 5.19. The van der Waals surface area contributed by atoms with Gasteiger partial charge in [-0.2, -0.15) is 0 Å². The van der Waals surface area contributed by atoms with E-state index < -0.39 is 5.60 Å². The number of rotatable bonds is 1. The minimum atomic E-state index is -0.736. The summed E-state index contributed by atoms with van der Waals surface area (Å²) >= 11 is 0. The van der Waals surface area contributed by atoms with Crippen molar-refractivity contribution in [2.75, 3.05) is 0 Å². The van der Waals surface area contributed by atoms with E-state index in [4.69, 9.17) is 5.73 Å². The quantitative estimate of drug-likeness (QED) is 0.501. The molecule has 2 unspecified atom stereocenters. The Morgan fingerprint density at radius 3 is 2.44 bits per heavy atom. The van der Waals surface area contributed by atoms with E-state index in [1.807, 2.05) is 6.92 Å². The largest absolute Gasteiger partial charge is 0.384 e. The fourth-order valence-corrected chi connectivity index (χ4v) is 1.11. The normalized spacial score (nSPS) is 41.9. The molecular weight excluding hydrogens is 114 g/mol. The van der Waals surface area contributed by atoms with E-state index in [-0.39, 0.29) is 6.04 Å². The van der Waals surface area contributed by atoms with Gasteiger partial charge in [-0.15, -0.1) is 0 Å². The number of hydrogen-bond acceptors (Lipinski definition) is 2. The molecule has 0 aliphatic heterocycles. The minimum absolute atomic E-state index is 0.0741. The van der Waals surface area contributed by atoms with Crippen LogP contribution in [-0.2, 0) is 0 Å². The van der Waals surface area contributed by atoms with Crippen LogP contribution in [0.5, 0.6) is 0 Å². The summed E-state index contributed by atoms with van der Waals surface area (Å²) in [6.45, 7) is 5.49. The summed E-state index contributed by atoms with van der Waals surface area (Å²) in [4.78, 5) is 0. The van der Waals surface area contributed by atoms with Crippen molar-refractivity contribution in [1.29, 1.82) is 0 Å². The molecule has 1 aliphatic carbocycles. The van der Waals surface area contributed by atoms with Crippen LogP contribution in [0.15, 0.2) is 12.2 Å². The van der Waals surface area contributed by atoms with Crippen LogP contribution < -0.4 is 5.73 Å². The third kappa shape index (κ3) is 0.787. The average Bonchev–Trinajstić information content (AvgIpc) is 1.82. The molecule has 2 heteroatoms. The second-order valence-corrected chi connectivity index (χ2v) is 2.85. The Bertz CT molecular complexity index is 144. The van der Waals surface area contributed by atoms with Gasteiger partial charge in [-0.25, -0.2) is 0 Å². The Morgan fingerprint density at radius 2 is 2.44 bits per heavy atom. The standard InChI is InChI=1S/C7H13NO/c1-5(2)7(9)4-3-6(7)8/h6,9H,1,3-4,8H2,2H3. The Morgan fingerprint density at radius 1 is 1.89 bits per heavy atom. The van der Waals surface area contributed by atoms with Gasteiger partial charge in [0.1, 0.15) is 5.60 Å². The lowest BCUT2D eigenvalue weighted by molar-refractivity contribution is -0.0194. The fraction of sp³-hybridized carbons (Fsp3) is 0.714. The maximum atomic E-state index is 9.53. The first-order valence-corrected chi connectivity index (χ1v) is 3.21. The molecule has 0 aromatic carbocycles. The molecule has 0 amide bonds. The summed E-state index contributed by atoms with van der Waals surface area (Å²) in [5, 5.41) is 9.53. The summed E-state index contributed by atoms with van der Waals surface area (Å²) in [5.41, 5.74) is 5.60. The predicted octanol–water partition coefficient (Wildman–Crippen LogP) is 0.415. The number of hydrogen-bond donors (Lipinski definition) is 2. The highest BCUT2D eigenvalue weighted by atomic mass is 16.3. The van der Waals surface area contributed by atoms with Gasteiger partial charge in [-0.1, -0.05) is 6.58 Å². The molecule has 0 saturated heterocycles. The molecule has 2 atom stereocenters. The Hall–Kier alpha value is -0.340. The second-order valence-electron chi connectivity index (χ2n) is 2.85. The molecule has 1 aliphatic rings. The van der Waals surface area contributed by atoms with Gasteiger partial charge in [0.05, 0.1) is 0 Å². The summed E-state index contributed by atoms with van der Waals surface area (Å²) in [6, 6.07) is -0.0741. The van der Waals surface area contributed by atoms with Crippen LogP contribution in [0.2, 0.25) is 0 Å². The lowest BCUT2D eigenvalue weighted by Gasteiger charge is -2.43. The number of nitrogens with two attached hydrogens (primary N) is 1. The first-order chi connectivity index (χ1) is 4.07. The van der Waals surface area contributed by atoms with Crippen LogP contribution in [0.3, 0.4) is 0 Å². The number of aliphatic hydroxyl groups is 1. The van der Waals surface area contributed by atoms with Gasteiger partial charge >= 0.3 is 0 Å². The molecule has 1 rings (SSSR count). The smallest absolute Gasteiger partial charge is 0.100 e. The maximum Gasteiger partial charge on any atom is 0.100 e. The molecule has 9 heavy (non-hydrogen) atoms. The van der Waals surface area contributed by atoms with Crippen molar-refractivity contribution in [3.8, 4) is 0 Å². The molecule has 0 spiro atoms. The van der Waals surface area contributed by atoms with Gasteiger partial charge in [0.15, 0.2) is 0 Å². The van der Waals surface area contributed by atoms with E-state index in [0.29, 0.717) is 0 Å². The highest BCUT2D eigenvalue weighted by Crippen LogP contribution is 2.35. The molecule has 1 fully saturated rings. The monoisotopic (exact) mass is 127 g/mol. The van der Waals surface area contributed by atoms with E-state index in [2.05, 4.69) is 6.58 Å². The first-order valence-electron chi connectivity index (χ1n) is 3.21. The van der Waals surface area contributed by atoms with Crippen LogP contribution in [-0.4, -0.2) is 16.7 Å². The van der Waals surface area contributed by atoms with Crippen molar-refractivity contribution in [2.24, 2.45) is 5.73 Å². The molecule has 1 saturated carbocycles. The van der Waals surface area contributed by atoms with Crippen molar-refractivity contribution in [1.82, 2.24) is 0 Å². The lowest BCUT2D eigenvalue weighted by Crippen LogP contribution is -2.57. The van der Waals surface area contributed by atoms with E-state index in [9.17, 15) is 5.11 Å². The summed E-state index contributed by atoms with van der Waals surface area (Å²) in [7, 11) is 0. The summed E-state index contributed by atoms with van der Waals surface area (Å²) in [5.74, 6) is 0. The molecule has 3 N–H and O–H groups in total. The van der Waals surface area contributed by atoms with Crippen molar-refractivity contribution in [2.45, 2.75) is 31.4 Å². The van der Waals surface area contributed by atoms with Gasteiger partial charge in [-0.3, -0.25) is 0 Å². The average molecular weight is 127 g/mol. The maximum absolute atomic E-state index is 9.53. The zero-order valence-electron chi connectivity index (χ0n) is 5.72. The van der Waals surface area contributed by atoms with Crippen LogP contribution in [0.25, 0.3) is 0 Å². The van der Waals surface area contributed by atoms with Crippen LogP contribution >= 0.6 is 0 Å². The molecule has 52 valence electrons. The van der Waals surface area contributed by atoms with Crippen LogP contribution in [0.1, 0.15) is 19.8 Å². The predicted molar refractivity (Wildman–Crippen MR) is 37.0 cm³/mol. The molecule has 0 radical (unpaired) electrons. The van der Waals surface area contributed by atoms with Crippen LogP contribution in [0, 0.1) is 0 Å². The van der Waals surface area contributed by atoms with Crippen molar-refractivity contribution in [3.05, 3.63) is 12.2 Å². The van der Waals surface area contributed by atoms with Gasteiger partial charge < -0.3 is 10.8 Å². The van der Waals surface area contributed by atoms with Gasteiger partial charge in [0.25, 0.3) is 0 Å². The highest BCUT2D eigenvalue weighted by Gasteiger charge is 2.43. The molecular formula is C7H13NO. The van der Waals surface area contributed by atoms with E-state index in [1.54, 1.807) is 0 Å². The van der Waals surface area contributed by atoms with E-state index >= 15 is 0 Å². The van der Waals surface area contributed by atoms with Gasteiger partial charge in [0, 0.05) is 6.04 Å². The fourth-order valence-electron chi connectivity index (χ4n) is 1.11. The lowest BCUT2D eigenvalue weighted by atomic mass is 9.71.